The summed E-state index contributed by atoms with van der Waals surface area (Å²) >= 11 is 0. The number of carboxylic acids is 1. The van der Waals surface area contributed by atoms with E-state index in [9.17, 15) is 9.59 Å². The Bertz CT molecular complexity index is 305. The second-order valence-electron chi connectivity index (χ2n) is 5.32. The van der Waals surface area contributed by atoms with Gasteiger partial charge in [-0.1, -0.05) is 12.8 Å². The minimum atomic E-state index is -0.809. The molecular formula is C13H24N2O3. The van der Waals surface area contributed by atoms with Gasteiger partial charge in [-0.3, -0.25) is 14.5 Å². The monoisotopic (exact) mass is 256 g/mol. The van der Waals surface area contributed by atoms with Gasteiger partial charge in [0.1, 0.15) is 0 Å². The van der Waals surface area contributed by atoms with Gasteiger partial charge < -0.3 is 10.4 Å². The van der Waals surface area contributed by atoms with Crippen LogP contribution in [0.25, 0.3) is 0 Å². The van der Waals surface area contributed by atoms with E-state index in [0.717, 1.165) is 25.7 Å². The second-order valence-corrected chi connectivity index (χ2v) is 5.32. The van der Waals surface area contributed by atoms with Crippen molar-refractivity contribution in [2.45, 2.75) is 64.6 Å². The van der Waals surface area contributed by atoms with E-state index >= 15 is 0 Å². The van der Waals surface area contributed by atoms with E-state index < -0.39 is 5.97 Å². The standard InChI is InChI=1S/C13H24N2O3/c1-9(2)15(8-13(17)18)12-7-5-4-6-11(12)14-10(3)16/h9,11-12H,4-8H2,1-3H3,(H,14,16)(H,17,18). The Morgan fingerprint density at radius 1 is 1.33 bits per heavy atom. The first-order valence-corrected chi connectivity index (χ1v) is 6.66. The van der Waals surface area contributed by atoms with Gasteiger partial charge in [-0.05, 0) is 26.7 Å². The Kier molecular flexibility index (Phi) is 5.59. The molecule has 5 nitrogen and oxygen atoms in total. The summed E-state index contributed by atoms with van der Waals surface area (Å²) in [6.45, 7) is 5.56. The zero-order valence-corrected chi connectivity index (χ0v) is 11.5. The molecule has 2 N–H and O–H groups in total. The van der Waals surface area contributed by atoms with Crippen LogP contribution < -0.4 is 5.32 Å². The summed E-state index contributed by atoms with van der Waals surface area (Å²) in [5.74, 6) is -0.846. The van der Waals surface area contributed by atoms with E-state index in [0.29, 0.717) is 0 Å². The van der Waals surface area contributed by atoms with Crippen molar-refractivity contribution in [1.29, 1.82) is 0 Å². The highest BCUT2D eigenvalue weighted by Crippen LogP contribution is 2.24. The molecule has 0 heterocycles. The average molecular weight is 256 g/mol. The number of hydrogen-bond donors (Lipinski definition) is 2. The van der Waals surface area contributed by atoms with Crippen LogP contribution in [0.15, 0.2) is 0 Å². The first-order chi connectivity index (χ1) is 8.41. The molecule has 1 amide bonds. The van der Waals surface area contributed by atoms with Crippen molar-refractivity contribution in [3.05, 3.63) is 0 Å². The lowest BCUT2D eigenvalue weighted by Crippen LogP contribution is -2.56. The molecule has 1 aliphatic carbocycles. The summed E-state index contributed by atoms with van der Waals surface area (Å²) in [6, 6.07) is 0.386. The first-order valence-electron chi connectivity index (χ1n) is 6.66. The lowest BCUT2D eigenvalue weighted by molar-refractivity contribution is -0.140. The molecule has 5 heteroatoms. The SMILES string of the molecule is CC(=O)NC1CCCCC1N(CC(=O)O)C(C)C. The van der Waals surface area contributed by atoms with Crippen molar-refractivity contribution in [1.82, 2.24) is 10.2 Å². The van der Waals surface area contributed by atoms with Crippen molar-refractivity contribution in [3.63, 3.8) is 0 Å². The summed E-state index contributed by atoms with van der Waals surface area (Å²) in [5.41, 5.74) is 0. The Hall–Kier alpha value is -1.10. The summed E-state index contributed by atoms with van der Waals surface area (Å²) in [7, 11) is 0. The van der Waals surface area contributed by atoms with Gasteiger partial charge in [0.2, 0.25) is 5.91 Å². The molecule has 0 saturated heterocycles. The quantitative estimate of drug-likeness (QED) is 0.776. The lowest BCUT2D eigenvalue weighted by atomic mass is 9.88. The van der Waals surface area contributed by atoms with Gasteiger partial charge >= 0.3 is 5.97 Å². The topological polar surface area (TPSA) is 69.6 Å². The van der Waals surface area contributed by atoms with E-state index in [4.69, 9.17) is 5.11 Å². The number of nitrogens with one attached hydrogen (secondary N) is 1. The van der Waals surface area contributed by atoms with Crippen molar-refractivity contribution in [3.8, 4) is 0 Å². The highest BCUT2D eigenvalue weighted by molar-refractivity contribution is 5.73. The summed E-state index contributed by atoms with van der Waals surface area (Å²) < 4.78 is 0. The van der Waals surface area contributed by atoms with Crippen LogP contribution in [0.1, 0.15) is 46.5 Å². The molecule has 1 saturated carbocycles. The fraction of sp³-hybridized carbons (Fsp3) is 0.846. The predicted molar refractivity (Wildman–Crippen MR) is 69.3 cm³/mol. The number of carbonyl (C=O) groups is 2. The van der Waals surface area contributed by atoms with E-state index in [1.54, 1.807) is 0 Å². The van der Waals surface area contributed by atoms with Gasteiger partial charge in [0.25, 0.3) is 0 Å². The van der Waals surface area contributed by atoms with Crippen LogP contribution in [0.2, 0.25) is 0 Å². The molecule has 0 radical (unpaired) electrons. The number of carboxylic acid groups (broad SMARTS) is 1. The summed E-state index contributed by atoms with van der Waals surface area (Å²) in [5, 5.41) is 12.0. The fourth-order valence-electron chi connectivity index (χ4n) is 2.78. The van der Waals surface area contributed by atoms with Crippen LogP contribution in [0, 0.1) is 0 Å². The van der Waals surface area contributed by atoms with Crippen LogP contribution in [0.5, 0.6) is 0 Å². The van der Waals surface area contributed by atoms with Crippen molar-refractivity contribution in [2.75, 3.05) is 6.54 Å². The first kappa shape index (κ1) is 15.0. The molecule has 1 rings (SSSR count). The van der Waals surface area contributed by atoms with E-state index in [2.05, 4.69) is 5.32 Å². The molecule has 0 spiro atoms. The maximum atomic E-state index is 11.2. The molecule has 0 aliphatic heterocycles. The predicted octanol–water partition coefficient (Wildman–Crippen LogP) is 1.23. The van der Waals surface area contributed by atoms with E-state index in [-0.39, 0.29) is 30.6 Å². The number of amides is 1. The number of carbonyl (C=O) groups excluding carboxylic acids is 1. The van der Waals surface area contributed by atoms with Gasteiger partial charge in [-0.2, -0.15) is 0 Å². The number of rotatable bonds is 5. The summed E-state index contributed by atoms with van der Waals surface area (Å²) in [6.07, 6.45) is 4.09. The van der Waals surface area contributed by atoms with Crippen molar-refractivity contribution >= 4 is 11.9 Å². The van der Waals surface area contributed by atoms with Gasteiger partial charge in [-0.15, -0.1) is 0 Å². The summed E-state index contributed by atoms with van der Waals surface area (Å²) in [4.78, 5) is 24.2. The van der Waals surface area contributed by atoms with Crippen LogP contribution in [-0.2, 0) is 9.59 Å². The molecule has 2 unspecified atom stereocenters. The molecule has 0 aromatic rings. The van der Waals surface area contributed by atoms with Gasteiger partial charge in [0.15, 0.2) is 0 Å². The third kappa shape index (κ3) is 4.29. The molecule has 0 aromatic heterocycles. The van der Waals surface area contributed by atoms with Crippen LogP contribution >= 0.6 is 0 Å². The maximum absolute atomic E-state index is 11.2. The number of aliphatic carboxylic acids is 1. The Morgan fingerprint density at radius 2 is 1.94 bits per heavy atom. The fourth-order valence-corrected chi connectivity index (χ4v) is 2.78. The van der Waals surface area contributed by atoms with Crippen LogP contribution in [-0.4, -0.2) is 46.6 Å². The van der Waals surface area contributed by atoms with Crippen LogP contribution in [0.3, 0.4) is 0 Å². The van der Waals surface area contributed by atoms with E-state index in [1.807, 2.05) is 18.7 Å². The Morgan fingerprint density at radius 3 is 2.44 bits per heavy atom. The lowest BCUT2D eigenvalue weighted by Gasteiger charge is -2.41. The highest BCUT2D eigenvalue weighted by Gasteiger charge is 2.32. The van der Waals surface area contributed by atoms with Crippen molar-refractivity contribution in [2.24, 2.45) is 0 Å². The molecule has 0 bridgehead atoms. The second kappa shape index (κ2) is 6.73. The molecule has 1 fully saturated rings. The van der Waals surface area contributed by atoms with Gasteiger partial charge in [-0.25, -0.2) is 0 Å². The minimum absolute atomic E-state index is 0.0362. The number of nitrogens with zero attached hydrogens (tertiary/aromatic N) is 1. The third-order valence-corrected chi connectivity index (χ3v) is 3.53. The van der Waals surface area contributed by atoms with Crippen molar-refractivity contribution < 1.29 is 14.7 Å². The molecule has 104 valence electrons. The minimum Gasteiger partial charge on any atom is -0.480 e. The van der Waals surface area contributed by atoms with Crippen LogP contribution in [0.4, 0.5) is 0 Å². The largest absolute Gasteiger partial charge is 0.480 e. The molecular weight excluding hydrogens is 232 g/mol. The third-order valence-electron chi connectivity index (χ3n) is 3.53. The normalized spacial score (nSPS) is 24.3. The Balaban J connectivity index is 2.77. The van der Waals surface area contributed by atoms with E-state index in [1.165, 1.54) is 6.92 Å². The van der Waals surface area contributed by atoms with Gasteiger partial charge in [0.05, 0.1) is 6.54 Å². The molecule has 18 heavy (non-hydrogen) atoms. The zero-order valence-electron chi connectivity index (χ0n) is 11.5. The maximum Gasteiger partial charge on any atom is 0.317 e. The van der Waals surface area contributed by atoms with Gasteiger partial charge in [0, 0.05) is 25.0 Å². The average Bonchev–Trinajstić information content (AvgIpc) is 2.25. The zero-order chi connectivity index (χ0) is 13.7. The molecule has 0 aromatic carbocycles. The smallest absolute Gasteiger partial charge is 0.317 e. The molecule has 1 aliphatic rings. The number of hydrogen-bond acceptors (Lipinski definition) is 3. The molecule has 2 atom stereocenters. The Labute approximate surface area is 109 Å². The highest BCUT2D eigenvalue weighted by atomic mass is 16.4.